The minimum absolute atomic E-state index is 0.104. The van der Waals surface area contributed by atoms with Gasteiger partial charge in [-0.2, -0.15) is 0 Å². The Bertz CT molecular complexity index is 472. The molecular weight excluding hydrogens is 334 g/mol. The second-order valence-corrected chi connectivity index (χ2v) is 5.70. The van der Waals surface area contributed by atoms with E-state index < -0.39 is 0 Å². The van der Waals surface area contributed by atoms with E-state index in [4.69, 9.17) is 15.3 Å². The van der Waals surface area contributed by atoms with Gasteiger partial charge in [-0.15, -0.1) is 11.3 Å². The molecule has 0 aromatic carbocycles. The Morgan fingerprint density at radius 1 is 1.58 bits per heavy atom. The molecule has 0 aliphatic carbocycles. The molecule has 0 spiro atoms. The number of carbonyl (C=O) groups is 1. The molecule has 2 rings (SSSR count). The lowest BCUT2D eigenvalue weighted by molar-refractivity contribution is -0.140. The lowest BCUT2D eigenvalue weighted by atomic mass is 10.4. The van der Waals surface area contributed by atoms with Crippen LogP contribution in [0.15, 0.2) is 21.1 Å². The van der Waals surface area contributed by atoms with Crippen molar-refractivity contribution in [3.05, 3.63) is 20.8 Å². The van der Waals surface area contributed by atoms with E-state index in [9.17, 15) is 4.79 Å². The molecule has 104 valence electrons. The number of oxime groups is 1. The summed E-state index contributed by atoms with van der Waals surface area (Å²) < 4.78 is 6.11. The molecule has 1 saturated heterocycles. The van der Waals surface area contributed by atoms with E-state index >= 15 is 0 Å². The van der Waals surface area contributed by atoms with E-state index in [1.54, 1.807) is 4.90 Å². The van der Waals surface area contributed by atoms with Crippen molar-refractivity contribution in [1.82, 2.24) is 4.90 Å². The van der Waals surface area contributed by atoms with Crippen molar-refractivity contribution in [3.8, 4) is 0 Å². The molecule has 1 amide bonds. The van der Waals surface area contributed by atoms with Gasteiger partial charge in [0.1, 0.15) is 0 Å². The molecule has 0 saturated carbocycles. The summed E-state index contributed by atoms with van der Waals surface area (Å²) in [7, 11) is 0. The zero-order valence-corrected chi connectivity index (χ0v) is 12.6. The summed E-state index contributed by atoms with van der Waals surface area (Å²) in [4.78, 5) is 19.2. The highest BCUT2D eigenvalue weighted by Crippen LogP contribution is 2.19. The number of morpholine rings is 1. The van der Waals surface area contributed by atoms with E-state index in [0.717, 1.165) is 9.35 Å². The summed E-state index contributed by atoms with van der Waals surface area (Å²) in [5.74, 6) is 0.165. The average Bonchev–Trinajstić information content (AvgIpc) is 2.86. The smallest absolute Gasteiger partial charge is 0.263 e. The van der Waals surface area contributed by atoms with Gasteiger partial charge in [0.2, 0.25) is 0 Å². The molecular formula is C11H14BrN3O3S. The van der Waals surface area contributed by atoms with Crippen molar-refractivity contribution in [3.63, 3.8) is 0 Å². The molecule has 1 aromatic rings. The first kappa shape index (κ1) is 14.3. The number of hydrogen-bond donors (Lipinski definition) is 1. The summed E-state index contributed by atoms with van der Waals surface area (Å²) in [5, 5.41) is 5.65. The summed E-state index contributed by atoms with van der Waals surface area (Å²) in [6.07, 6.45) is 0. The molecule has 0 radical (unpaired) electrons. The topological polar surface area (TPSA) is 77.2 Å². The van der Waals surface area contributed by atoms with Crippen LogP contribution in [0.5, 0.6) is 0 Å². The normalized spacial score (nSPS) is 16.5. The summed E-state index contributed by atoms with van der Waals surface area (Å²) in [5.41, 5.74) is 5.74. The minimum Gasteiger partial charge on any atom is -0.384 e. The third-order valence-electron chi connectivity index (χ3n) is 2.53. The van der Waals surface area contributed by atoms with Crippen molar-refractivity contribution < 1.29 is 14.4 Å². The number of amidine groups is 1. The number of thiophene rings is 1. The lowest BCUT2D eigenvalue weighted by Gasteiger charge is -2.26. The van der Waals surface area contributed by atoms with E-state index in [0.29, 0.717) is 26.3 Å². The Morgan fingerprint density at radius 2 is 2.32 bits per heavy atom. The van der Waals surface area contributed by atoms with Crippen LogP contribution in [-0.4, -0.2) is 49.6 Å². The second-order valence-electron chi connectivity index (χ2n) is 3.87. The fourth-order valence-corrected chi connectivity index (χ4v) is 2.87. The number of amides is 1. The highest BCUT2D eigenvalue weighted by molar-refractivity contribution is 9.10. The maximum atomic E-state index is 11.8. The van der Waals surface area contributed by atoms with Crippen molar-refractivity contribution in [2.75, 3.05) is 32.9 Å². The number of halogens is 1. The van der Waals surface area contributed by atoms with Crippen LogP contribution in [0.25, 0.3) is 0 Å². The minimum atomic E-state index is -0.104. The number of nitrogens with zero attached hydrogens (tertiary/aromatic N) is 2. The molecule has 1 aromatic heterocycles. The molecule has 8 heteroatoms. The maximum Gasteiger partial charge on any atom is 0.263 e. The molecule has 1 aliphatic rings. The first-order valence-electron chi connectivity index (χ1n) is 5.72. The Hall–Kier alpha value is -1.12. The van der Waals surface area contributed by atoms with Crippen LogP contribution in [0.1, 0.15) is 4.88 Å². The van der Waals surface area contributed by atoms with Crippen LogP contribution in [0, 0.1) is 0 Å². The Balaban J connectivity index is 1.80. The van der Waals surface area contributed by atoms with E-state index in [1.165, 1.54) is 11.3 Å². The van der Waals surface area contributed by atoms with Crippen LogP contribution in [0.4, 0.5) is 0 Å². The Labute approximate surface area is 123 Å². The summed E-state index contributed by atoms with van der Waals surface area (Å²) in [6, 6.07) is 1.84. The Morgan fingerprint density at radius 3 is 2.95 bits per heavy atom. The highest BCUT2D eigenvalue weighted by atomic mass is 79.9. The molecule has 0 bridgehead atoms. The number of nitrogens with two attached hydrogens (primary N) is 1. The Kier molecular flexibility index (Phi) is 5.17. The van der Waals surface area contributed by atoms with E-state index in [1.807, 2.05) is 11.4 Å². The van der Waals surface area contributed by atoms with Gasteiger partial charge in [-0.1, -0.05) is 5.16 Å². The van der Waals surface area contributed by atoms with Crippen molar-refractivity contribution in [2.24, 2.45) is 10.9 Å². The summed E-state index contributed by atoms with van der Waals surface area (Å²) >= 11 is 4.78. The second kappa shape index (κ2) is 6.88. The molecule has 0 atom stereocenters. The van der Waals surface area contributed by atoms with Gasteiger partial charge >= 0.3 is 0 Å². The predicted molar refractivity (Wildman–Crippen MR) is 76.1 cm³/mol. The molecule has 1 fully saturated rings. The van der Waals surface area contributed by atoms with Crippen LogP contribution >= 0.6 is 27.3 Å². The van der Waals surface area contributed by atoms with Gasteiger partial charge < -0.3 is 20.2 Å². The van der Waals surface area contributed by atoms with Gasteiger partial charge in [0, 0.05) is 22.9 Å². The zero-order chi connectivity index (χ0) is 13.7. The van der Waals surface area contributed by atoms with Crippen LogP contribution in [0.3, 0.4) is 0 Å². The van der Waals surface area contributed by atoms with Gasteiger partial charge in [0.25, 0.3) is 5.91 Å². The van der Waals surface area contributed by atoms with E-state index in [-0.39, 0.29) is 18.3 Å². The first-order chi connectivity index (χ1) is 9.16. The zero-order valence-electron chi connectivity index (χ0n) is 10.2. The predicted octanol–water partition coefficient (Wildman–Crippen LogP) is 1.01. The third kappa shape index (κ3) is 4.19. The number of carbonyl (C=O) groups excluding carboxylic acids is 1. The largest absolute Gasteiger partial charge is 0.384 e. The lowest BCUT2D eigenvalue weighted by Crippen LogP contribution is -2.42. The number of hydrogen-bond acceptors (Lipinski definition) is 5. The molecule has 1 aliphatic heterocycles. The van der Waals surface area contributed by atoms with Crippen LogP contribution in [-0.2, 0) is 14.4 Å². The van der Waals surface area contributed by atoms with Crippen molar-refractivity contribution >= 4 is 39.0 Å². The molecule has 19 heavy (non-hydrogen) atoms. The summed E-state index contributed by atoms with van der Waals surface area (Å²) in [6.45, 7) is 2.23. The molecule has 0 unspecified atom stereocenters. The molecule has 6 nitrogen and oxygen atoms in total. The first-order valence-corrected chi connectivity index (χ1v) is 7.39. The van der Waals surface area contributed by atoms with Crippen molar-refractivity contribution in [2.45, 2.75) is 0 Å². The van der Waals surface area contributed by atoms with Crippen LogP contribution in [0.2, 0.25) is 0 Å². The van der Waals surface area contributed by atoms with Gasteiger partial charge in [0.05, 0.1) is 18.1 Å². The fraction of sp³-hybridized carbons (Fsp3) is 0.455. The van der Waals surface area contributed by atoms with Gasteiger partial charge in [0.15, 0.2) is 12.4 Å². The molecule has 2 N–H and O–H groups in total. The van der Waals surface area contributed by atoms with E-state index in [2.05, 4.69) is 21.1 Å². The van der Waals surface area contributed by atoms with Gasteiger partial charge in [-0.05, 0) is 22.0 Å². The quantitative estimate of drug-likeness (QED) is 0.500. The van der Waals surface area contributed by atoms with Crippen LogP contribution < -0.4 is 5.73 Å². The molecule has 2 heterocycles. The fourth-order valence-electron chi connectivity index (χ4n) is 1.55. The standard InChI is InChI=1S/C11H14BrN3O3S/c12-8-5-9(19-7-8)11(13)14-18-6-10(16)15-1-3-17-4-2-15/h5,7H,1-4,6H2,(H2,13,14). The number of ether oxygens (including phenoxy) is 1. The van der Waals surface area contributed by atoms with Gasteiger partial charge in [-0.3, -0.25) is 4.79 Å². The van der Waals surface area contributed by atoms with Crippen molar-refractivity contribution in [1.29, 1.82) is 0 Å². The third-order valence-corrected chi connectivity index (χ3v) is 4.25. The maximum absolute atomic E-state index is 11.8. The average molecular weight is 348 g/mol. The monoisotopic (exact) mass is 347 g/mol. The van der Waals surface area contributed by atoms with Gasteiger partial charge in [-0.25, -0.2) is 0 Å². The number of rotatable bonds is 4. The SMILES string of the molecule is NC(=NOCC(=O)N1CCOCC1)c1cc(Br)cs1. The highest BCUT2D eigenvalue weighted by Gasteiger charge is 2.17.